The van der Waals surface area contributed by atoms with Gasteiger partial charge in [-0.05, 0) is 12.5 Å². The van der Waals surface area contributed by atoms with Gasteiger partial charge in [-0.15, -0.1) is 0 Å². The number of alkyl halides is 1. The molecule has 0 N–H and O–H groups in total. The molecule has 0 fully saturated rings. The molecule has 15 heavy (non-hydrogen) atoms. The van der Waals surface area contributed by atoms with Crippen molar-refractivity contribution in [3.8, 4) is 0 Å². The van der Waals surface area contributed by atoms with E-state index in [1.807, 2.05) is 0 Å². The van der Waals surface area contributed by atoms with Crippen LogP contribution in [0.15, 0.2) is 24.3 Å². The Bertz CT molecular complexity index is 289. The van der Waals surface area contributed by atoms with Crippen molar-refractivity contribution in [2.24, 2.45) is 0 Å². The number of halogens is 1. The van der Waals surface area contributed by atoms with E-state index < -0.39 is 0 Å². The third-order valence-corrected chi connectivity index (χ3v) is 2.96. The Balaban J connectivity index is 2.57. The molecule has 0 aliphatic carbocycles. The zero-order valence-corrected chi connectivity index (χ0v) is 11.4. The van der Waals surface area contributed by atoms with Gasteiger partial charge in [0, 0.05) is 11.5 Å². The number of hydrogen-bond donors (Lipinski definition) is 0. The van der Waals surface area contributed by atoms with Crippen LogP contribution in [0.3, 0.4) is 0 Å². The van der Waals surface area contributed by atoms with Gasteiger partial charge < -0.3 is 9.47 Å². The maximum absolute atomic E-state index is 5.74. The molecule has 0 saturated carbocycles. The zero-order chi connectivity index (χ0) is 11.1. The molecule has 0 amide bonds. The first kappa shape index (κ1) is 12.9. The summed E-state index contributed by atoms with van der Waals surface area (Å²) in [6.07, 6.45) is 0.181. The van der Waals surface area contributed by atoms with Crippen LogP contribution in [0.4, 0.5) is 0 Å². The van der Waals surface area contributed by atoms with Crippen LogP contribution < -0.4 is 0 Å². The third kappa shape index (κ3) is 4.49. The van der Waals surface area contributed by atoms with Gasteiger partial charge in [-0.1, -0.05) is 52.4 Å². The number of hydrogen-bond acceptors (Lipinski definition) is 2. The molecule has 84 valence electrons. The summed E-state index contributed by atoms with van der Waals surface area (Å²) in [5, 5.41) is 0. The van der Waals surface area contributed by atoms with Gasteiger partial charge in [0.05, 0.1) is 19.3 Å². The molecule has 0 bridgehead atoms. The minimum absolute atomic E-state index is 0.181. The second-order valence-electron chi connectivity index (χ2n) is 3.42. The van der Waals surface area contributed by atoms with Gasteiger partial charge >= 0.3 is 0 Å². The molecule has 2 nitrogen and oxygen atoms in total. The lowest BCUT2D eigenvalue weighted by atomic mass is 10.1. The van der Waals surface area contributed by atoms with Gasteiger partial charge in [-0.25, -0.2) is 0 Å². The summed E-state index contributed by atoms with van der Waals surface area (Å²) in [6.45, 7) is 3.40. The van der Waals surface area contributed by atoms with E-state index in [9.17, 15) is 0 Å². The third-order valence-electron chi connectivity index (χ3n) is 2.16. The van der Waals surface area contributed by atoms with Gasteiger partial charge in [0.2, 0.25) is 0 Å². The van der Waals surface area contributed by atoms with Crippen LogP contribution in [0.2, 0.25) is 0 Å². The summed E-state index contributed by atoms with van der Waals surface area (Å²) in [7, 11) is 1.69. The van der Waals surface area contributed by atoms with E-state index in [2.05, 4.69) is 53.8 Å². The molecule has 1 aromatic rings. The van der Waals surface area contributed by atoms with Gasteiger partial charge in [0.15, 0.2) is 0 Å². The maximum Gasteiger partial charge on any atom is 0.0915 e. The second kappa shape index (κ2) is 7.19. The van der Waals surface area contributed by atoms with E-state index in [0.717, 1.165) is 4.43 Å². The Morgan fingerprint density at radius 1 is 1.33 bits per heavy atom. The van der Waals surface area contributed by atoms with E-state index in [4.69, 9.17) is 9.47 Å². The van der Waals surface area contributed by atoms with Crippen LogP contribution in [0.1, 0.15) is 17.2 Å². The monoisotopic (exact) mass is 320 g/mol. The van der Waals surface area contributed by atoms with Crippen LogP contribution in [0.25, 0.3) is 0 Å². The number of aryl methyl sites for hydroxylation is 1. The molecule has 0 aliphatic heterocycles. The van der Waals surface area contributed by atoms with E-state index in [1.165, 1.54) is 11.1 Å². The SMILES string of the molecule is COCCOC(CI)c1cccc(C)c1. The molecule has 0 aliphatic rings. The Hall–Kier alpha value is -0.130. The second-order valence-corrected chi connectivity index (χ2v) is 4.30. The average molecular weight is 320 g/mol. The van der Waals surface area contributed by atoms with Gasteiger partial charge in [-0.2, -0.15) is 0 Å². The first-order valence-electron chi connectivity index (χ1n) is 5.01. The van der Waals surface area contributed by atoms with Crippen LogP contribution >= 0.6 is 22.6 Å². The molecule has 1 aromatic carbocycles. The Kier molecular flexibility index (Phi) is 6.20. The fourth-order valence-corrected chi connectivity index (χ4v) is 2.14. The van der Waals surface area contributed by atoms with Crippen LogP contribution in [0, 0.1) is 6.92 Å². The lowest BCUT2D eigenvalue weighted by Crippen LogP contribution is -2.10. The Morgan fingerprint density at radius 3 is 2.73 bits per heavy atom. The van der Waals surface area contributed by atoms with Crippen LogP contribution in [-0.4, -0.2) is 24.8 Å². The molecule has 0 spiro atoms. The van der Waals surface area contributed by atoms with Crippen LogP contribution in [-0.2, 0) is 9.47 Å². The number of ether oxygens (including phenoxy) is 2. The topological polar surface area (TPSA) is 18.5 Å². The summed E-state index contributed by atoms with van der Waals surface area (Å²) >= 11 is 2.35. The molecule has 1 rings (SSSR count). The molecule has 0 heterocycles. The highest BCUT2D eigenvalue weighted by Crippen LogP contribution is 2.20. The van der Waals surface area contributed by atoms with Gasteiger partial charge in [0.1, 0.15) is 0 Å². The van der Waals surface area contributed by atoms with Crippen molar-refractivity contribution in [1.29, 1.82) is 0 Å². The quantitative estimate of drug-likeness (QED) is 0.455. The molecule has 0 saturated heterocycles. The summed E-state index contributed by atoms with van der Waals surface area (Å²) in [4.78, 5) is 0. The predicted octanol–water partition coefficient (Wildman–Crippen LogP) is 3.13. The standard InChI is InChI=1S/C12H17IO2/c1-10-4-3-5-11(8-10)12(9-13)15-7-6-14-2/h3-5,8,12H,6-7,9H2,1-2H3. The molecule has 1 atom stereocenters. The Labute approximate surface area is 105 Å². The van der Waals surface area contributed by atoms with Crippen molar-refractivity contribution in [3.63, 3.8) is 0 Å². The average Bonchev–Trinajstić information content (AvgIpc) is 2.24. The minimum atomic E-state index is 0.181. The van der Waals surface area contributed by atoms with E-state index in [0.29, 0.717) is 13.2 Å². The lowest BCUT2D eigenvalue weighted by molar-refractivity contribution is 0.0292. The van der Waals surface area contributed by atoms with Gasteiger partial charge in [0.25, 0.3) is 0 Å². The van der Waals surface area contributed by atoms with Crippen molar-refractivity contribution in [2.75, 3.05) is 24.8 Å². The zero-order valence-electron chi connectivity index (χ0n) is 9.20. The maximum atomic E-state index is 5.74. The minimum Gasteiger partial charge on any atom is -0.382 e. The van der Waals surface area contributed by atoms with Crippen molar-refractivity contribution >= 4 is 22.6 Å². The fraction of sp³-hybridized carbons (Fsp3) is 0.500. The van der Waals surface area contributed by atoms with E-state index in [-0.39, 0.29) is 6.10 Å². The molecule has 1 unspecified atom stereocenters. The summed E-state index contributed by atoms with van der Waals surface area (Å²) < 4.78 is 11.7. The van der Waals surface area contributed by atoms with Gasteiger partial charge in [-0.3, -0.25) is 0 Å². The van der Waals surface area contributed by atoms with E-state index in [1.54, 1.807) is 7.11 Å². The summed E-state index contributed by atoms with van der Waals surface area (Å²) in [6, 6.07) is 8.46. The predicted molar refractivity (Wildman–Crippen MR) is 70.6 cm³/mol. The molecule has 0 aromatic heterocycles. The first-order chi connectivity index (χ1) is 7.27. The number of rotatable bonds is 6. The highest BCUT2D eigenvalue weighted by molar-refractivity contribution is 14.1. The molecular formula is C12H17IO2. The molecular weight excluding hydrogens is 303 g/mol. The number of methoxy groups -OCH3 is 1. The summed E-state index contributed by atoms with van der Waals surface area (Å²) in [5.41, 5.74) is 2.53. The largest absolute Gasteiger partial charge is 0.382 e. The van der Waals surface area contributed by atoms with Crippen molar-refractivity contribution in [3.05, 3.63) is 35.4 Å². The van der Waals surface area contributed by atoms with Crippen molar-refractivity contribution in [2.45, 2.75) is 13.0 Å². The summed E-state index contributed by atoms with van der Waals surface area (Å²) in [5.74, 6) is 0. The smallest absolute Gasteiger partial charge is 0.0915 e. The van der Waals surface area contributed by atoms with Crippen LogP contribution in [0.5, 0.6) is 0 Å². The highest BCUT2D eigenvalue weighted by Gasteiger charge is 2.09. The van der Waals surface area contributed by atoms with Crippen molar-refractivity contribution in [1.82, 2.24) is 0 Å². The van der Waals surface area contributed by atoms with Crippen molar-refractivity contribution < 1.29 is 9.47 Å². The number of benzene rings is 1. The Morgan fingerprint density at radius 2 is 2.13 bits per heavy atom. The fourth-order valence-electron chi connectivity index (χ4n) is 1.37. The normalized spacial score (nSPS) is 12.7. The van der Waals surface area contributed by atoms with E-state index >= 15 is 0 Å². The lowest BCUT2D eigenvalue weighted by Gasteiger charge is -2.16. The molecule has 0 radical (unpaired) electrons. The highest BCUT2D eigenvalue weighted by atomic mass is 127. The first-order valence-corrected chi connectivity index (χ1v) is 6.53. The molecule has 3 heteroatoms.